The van der Waals surface area contributed by atoms with Crippen LogP contribution in [0.3, 0.4) is 0 Å². The molecule has 0 aromatic carbocycles. The van der Waals surface area contributed by atoms with E-state index in [9.17, 15) is 9.59 Å². The van der Waals surface area contributed by atoms with Crippen LogP contribution in [0.1, 0.15) is 33.6 Å². The van der Waals surface area contributed by atoms with Crippen LogP contribution in [0.2, 0.25) is 0 Å². The van der Waals surface area contributed by atoms with E-state index in [2.05, 4.69) is 11.9 Å². The van der Waals surface area contributed by atoms with Gasteiger partial charge in [0.1, 0.15) is 0 Å². The van der Waals surface area contributed by atoms with Gasteiger partial charge in [0.15, 0.2) is 5.17 Å². The largest absolute Gasteiger partial charge is 0.463 e. The number of aliphatic imine (C=N–C) groups is 1. The minimum atomic E-state index is -0.356. The molecule has 2 aliphatic heterocycles. The lowest BCUT2D eigenvalue weighted by Crippen LogP contribution is -2.37. The Labute approximate surface area is 117 Å². The number of amidine groups is 1. The average Bonchev–Trinajstić information content (AvgIpc) is 2.72. The first kappa shape index (κ1) is 14.1. The molecule has 2 aliphatic rings. The van der Waals surface area contributed by atoms with Crippen molar-refractivity contribution in [3.8, 4) is 0 Å². The maximum atomic E-state index is 12.1. The molecule has 5 nitrogen and oxygen atoms in total. The number of nitrogens with zero attached hydrogens (tertiary/aromatic N) is 2. The maximum Gasteiger partial charge on any atom is 0.337 e. The van der Waals surface area contributed by atoms with Crippen molar-refractivity contribution in [2.24, 2.45) is 4.99 Å². The third-order valence-electron chi connectivity index (χ3n) is 3.15. The number of esters is 1. The van der Waals surface area contributed by atoms with Crippen molar-refractivity contribution >= 4 is 28.8 Å². The van der Waals surface area contributed by atoms with E-state index in [-0.39, 0.29) is 17.9 Å². The van der Waals surface area contributed by atoms with Gasteiger partial charge in [-0.05, 0) is 20.3 Å². The highest BCUT2D eigenvalue weighted by molar-refractivity contribution is 8.15. The Morgan fingerprint density at radius 1 is 1.53 bits per heavy atom. The van der Waals surface area contributed by atoms with E-state index in [0.717, 1.165) is 12.8 Å². The molecule has 0 saturated carbocycles. The number of ether oxygens (including phenoxy) is 1. The predicted octanol–water partition coefficient (Wildman–Crippen LogP) is 1.94. The Balaban J connectivity index is 2.39. The molecular weight excluding hydrogens is 264 g/mol. The van der Waals surface area contributed by atoms with Crippen LogP contribution in [0.25, 0.3) is 0 Å². The van der Waals surface area contributed by atoms with Crippen molar-refractivity contribution in [2.45, 2.75) is 39.7 Å². The molecule has 1 fully saturated rings. The second kappa shape index (κ2) is 5.77. The van der Waals surface area contributed by atoms with Crippen molar-refractivity contribution in [2.75, 3.05) is 12.4 Å². The number of hydrogen-bond acceptors (Lipinski definition) is 5. The minimum Gasteiger partial charge on any atom is -0.463 e. The van der Waals surface area contributed by atoms with Crippen LogP contribution >= 0.6 is 11.8 Å². The summed E-state index contributed by atoms with van der Waals surface area (Å²) in [5.41, 5.74) is 1.21. The number of fused-ring (bicyclic) bond motifs is 1. The molecule has 6 heteroatoms. The molecule has 104 valence electrons. The zero-order valence-electron chi connectivity index (χ0n) is 11.4. The van der Waals surface area contributed by atoms with E-state index >= 15 is 0 Å². The first-order valence-electron chi connectivity index (χ1n) is 6.51. The van der Waals surface area contributed by atoms with Gasteiger partial charge in [0, 0.05) is 5.70 Å². The molecule has 2 rings (SSSR count). The molecular formula is C13H18N2O3S. The second-order valence-corrected chi connectivity index (χ2v) is 5.40. The lowest BCUT2D eigenvalue weighted by molar-refractivity contribution is -0.139. The topological polar surface area (TPSA) is 59.0 Å². The van der Waals surface area contributed by atoms with E-state index in [1.54, 1.807) is 18.7 Å². The molecule has 1 atom stereocenters. The Hall–Kier alpha value is -1.30. The summed E-state index contributed by atoms with van der Waals surface area (Å²) in [6, 6.07) is -0.186. The van der Waals surface area contributed by atoms with Gasteiger partial charge in [0.25, 0.3) is 0 Å². The van der Waals surface area contributed by atoms with Crippen molar-refractivity contribution in [3.63, 3.8) is 0 Å². The number of hydrogen-bond donors (Lipinski definition) is 0. The SMILES string of the molecule is CCC[C@@H]1N=C2SCC(=O)N2C(C)=C1C(=O)OCC. The van der Waals surface area contributed by atoms with E-state index in [1.807, 2.05) is 0 Å². The molecule has 0 N–H and O–H groups in total. The van der Waals surface area contributed by atoms with Crippen molar-refractivity contribution < 1.29 is 14.3 Å². The second-order valence-electron chi connectivity index (χ2n) is 4.45. The summed E-state index contributed by atoms with van der Waals surface area (Å²) in [4.78, 5) is 30.0. The van der Waals surface area contributed by atoms with Crippen LogP contribution in [0.4, 0.5) is 0 Å². The number of amides is 1. The van der Waals surface area contributed by atoms with Crippen LogP contribution in [0.5, 0.6) is 0 Å². The molecule has 0 aromatic rings. The maximum absolute atomic E-state index is 12.1. The van der Waals surface area contributed by atoms with Crippen LogP contribution in [-0.4, -0.2) is 40.3 Å². The highest BCUT2D eigenvalue weighted by atomic mass is 32.2. The Morgan fingerprint density at radius 2 is 2.26 bits per heavy atom. The number of thioether (sulfide) groups is 1. The third kappa shape index (κ3) is 2.54. The van der Waals surface area contributed by atoms with Gasteiger partial charge in [0.2, 0.25) is 5.91 Å². The van der Waals surface area contributed by atoms with E-state index < -0.39 is 0 Å². The highest BCUT2D eigenvalue weighted by Crippen LogP contribution is 2.33. The first-order chi connectivity index (χ1) is 9.10. The number of carbonyl (C=O) groups excluding carboxylic acids is 2. The molecule has 0 radical (unpaired) electrons. The van der Waals surface area contributed by atoms with Crippen LogP contribution in [0.15, 0.2) is 16.3 Å². The number of carbonyl (C=O) groups is 2. The zero-order valence-corrected chi connectivity index (χ0v) is 12.2. The van der Waals surface area contributed by atoms with E-state index in [4.69, 9.17) is 4.74 Å². The summed E-state index contributed by atoms with van der Waals surface area (Å²) in [5.74, 6) is 0.0226. The van der Waals surface area contributed by atoms with Gasteiger partial charge in [-0.1, -0.05) is 25.1 Å². The average molecular weight is 282 g/mol. The summed E-state index contributed by atoms with van der Waals surface area (Å²) in [5, 5.41) is 0.717. The van der Waals surface area contributed by atoms with Crippen LogP contribution < -0.4 is 0 Å². The summed E-state index contributed by atoms with van der Waals surface area (Å²) >= 11 is 1.43. The lowest BCUT2D eigenvalue weighted by atomic mass is 9.99. The molecule has 0 bridgehead atoms. The van der Waals surface area contributed by atoms with Gasteiger partial charge in [-0.15, -0.1) is 0 Å². The predicted molar refractivity (Wildman–Crippen MR) is 74.8 cm³/mol. The summed E-state index contributed by atoms with van der Waals surface area (Å²) in [6.07, 6.45) is 1.72. The monoisotopic (exact) mass is 282 g/mol. The van der Waals surface area contributed by atoms with Gasteiger partial charge in [-0.25, -0.2) is 4.79 Å². The third-order valence-corrected chi connectivity index (χ3v) is 4.09. The smallest absolute Gasteiger partial charge is 0.337 e. The lowest BCUT2D eigenvalue weighted by Gasteiger charge is -2.28. The standard InChI is InChI=1S/C13H18N2O3S/c1-4-6-9-11(12(17)18-5-2)8(3)15-10(16)7-19-13(15)14-9/h9H,4-7H2,1-3H3/t9-/m0/s1. The number of allylic oxidation sites excluding steroid dienone is 1. The summed E-state index contributed by atoms with van der Waals surface area (Å²) in [6.45, 7) is 5.95. The van der Waals surface area contributed by atoms with Gasteiger partial charge >= 0.3 is 5.97 Å². The molecule has 0 spiro atoms. The molecule has 0 unspecified atom stereocenters. The van der Waals surface area contributed by atoms with Gasteiger partial charge < -0.3 is 4.74 Å². The fourth-order valence-corrected chi connectivity index (χ4v) is 3.27. The summed E-state index contributed by atoms with van der Waals surface area (Å²) < 4.78 is 5.10. The molecule has 0 aliphatic carbocycles. The number of rotatable bonds is 4. The Kier molecular flexibility index (Phi) is 4.29. The molecule has 1 saturated heterocycles. The van der Waals surface area contributed by atoms with Gasteiger partial charge in [0.05, 0.1) is 24.0 Å². The van der Waals surface area contributed by atoms with Crippen molar-refractivity contribution in [1.82, 2.24) is 4.90 Å². The van der Waals surface area contributed by atoms with Crippen LogP contribution in [-0.2, 0) is 14.3 Å². The normalized spacial score (nSPS) is 22.5. The fraction of sp³-hybridized carbons (Fsp3) is 0.615. The van der Waals surface area contributed by atoms with E-state index in [0.29, 0.717) is 28.8 Å². The Morgan fingerprint density at radius 3 is 2.89 bits per heavy atom. The molecule has 1 amide bonds. The fourth-order valence-electron chi connectivity index (χ4n) is 2.32. The highest BCUT2D eigenvalue weighted by Gasteiger charge is 2.39. The Bertz CT molecular complexity index is 471. The molecule has 19 heavy (non-hydrogen) atoms. The quantitative estimate of drug-likeness (QED) is 0.739. The zero-order chi connectivity index (χ0) is 14.0. The molecule has 0 aromatic heterocycles. The first-order valence-corrected chi connectivity index (χ1v) is 7.50. The summed E-state index contributed by atoms with van der Waals surface area (Å²) in [7, 11) is 0. The van der Waals surface area contributed by atoms with Crippen molar-refractivity contribution in [1.29, 1.82) is 0 Å². The van der Waals surface area contributed by atoms with Crippen molar-refractivity contribution in [3.05, 3.63) is 11.3 Å². The van der Waals surface area contributed by atoms with Gasteiger partial charge in [-0.2, -0.15) is 0 Å². The van der Waals surface area contributed by atoms with Gasteiger partial charge in [-0.3, -0.25) is 14.7 Å². The minimum absolute atomic E-state index is 0.0157. The van der Waals surface area contributed by atoms with Crippen LogP contribution in [0, 0.1) is 0 Å². The van der Waals surface area contributed by atoms with E-state index in [1.165, 1.54) is 11.8 Å². The molecule has 2 heterocycles.